The van der Waals surface area contributed by atoms with Crippen molar-refractivity contribution in [2.75, 3.05) is 44.7 Å². The Morgan fingerprint density at radius 1 is 1.15 bits per heavy atom. The van der Waals surface area contributed by atoms with Crippen molar-refractivity contribution >= 4 is 15.8 Å². The molecule has 2 rings (SSSR count). The highest BCUT2D eigenvalue weighted by Gasteiger charge is 2.21. The normalized spacial score (nSPS) is 19.1. The number of hydrogen-bond acceptors (Lipinski definition) is 4. The van der Waals surface area contributed by atoms with Gasteiger partial charge in [-0.05, 0) is 30.4 Å². The molecule has 1 aliphatic heterocycles. The fourth-order valence-electron chi connectivity index (χ4n) is 3.20. The molecule has 1 heterocycles. The second-order valence-corrected chi connectivity index (χ2v) is 10.0. The number of rotatable bonds is 7. The number of hydrogen-bond donors (Lipinski definition) is 2. The molecule has 0 radical (unpaired) electrons. The molecule has 6 nitrogen and oxygen atoms in total. The fourth-order valence-corrected chi connectivity index (χ4v) is 4.48. The first-order chi connectivity index (χ1) is 12.8. The van der Waals surface area contributed by atoms with Crippen LogP contribution in [0.5, 0.6) is 0 Å². The second kappa shape index (κ2) is 10.1. The average molecular weight is 395 g/mol. The first-order valence-electron chi connectivity index (χ1n) is 9.78. The predicted molar refractivity (Wildman–Crippen MR) is 113 cm³/mol. The Bertz CT molecular complexity index is 700. The van der Waals surface area contributed by atoms with Crippen molar-refractivity contribution in [2.45, 2.75) is 33.2 Å². The van der Waals surface area contributed by atoms with E-state index in [1.54, 1.807) is 7.05 Å². The lowest BCUT2D eigenvalue weighted by molar-refractivity contribution is 0.299. The zero-order valence-electron chi connectivity index (χ0n) is 17.0. The summed E-state index contributed by atoms with van der Waals surface area (Å²) in [7, 11) is -1.05. The smallest absolute Gasteiger partial charge is 0.191 e. The summed E-state index contributed by atoms with van der Waals surface area (Å²) in [6, 6.07) is 8.92. The zero-order valence-corrected chi connectivity index (χ0v) is 17.8. The molecule has 2 N–H and O–H groups in total. The van der Waals surface area contributed by atoms with Gasteiger partial charge in [-0.3, -0.25) is 9.89 Å². The van der Waals surface area contributed by atoms with Crippen LogP contribution >= 0.6 is 0 Å². The lowest BCUT2D eigenvalue weighted by Gasteiger charge is -2.27. The molecule has 0 saturated carbocycles. The summed E-state index contributed by atoms with van der Waals surface area (Å²) in [5.74, 6) is 1.96. The van der Waals surface area contributed by atoms with Gasteiger partial charge in [-0.2, -0.15) is 0 Å². The van der Waals surface area contributed by atoms with Crippen LogP contribution in [-0.2, 0) is 16.3 Å². The maximum absolute atomic E-state index is 11.5. The van der Waals surface area contributed by atoms with Crippen molar-refractivity contribution in [2.24, 2.45) is 10.9 Å². The maximum atomic E-state index is 11.5. The van der Waals surface area contributed by atoms with Crippen molar-refractivity contribution in [3.8, 4) is 0 Å². The van der Waals surface area contributed by atoms with Gasteiger partial charge in [-0.25, -0.2) is 8.42 Å². The number of nitrogens with zero attached hydrogens (tertiary/aromatic N) is 2. The van der Waals surface area contributed by atoms with Gasteiger partial charge in [-0.1, -0.05) is 38.1 Å². The topological polar surface area (TPSA) is 73.8 Å². The van der Waals surface area contributed by atoms with Gasteiger partial charge in [0.2, 0.25) is 0 Å². The molecule has 152 valence electrons. The van der Waals surface area contributed by atoms with Gasteiger partial charge >= 0.3 is 0 Å². The van der Waals surface area contributed by atoms with Crippen LogP contribution in [-0.4, -0.2) is 64.0 Å². The molecule has 0 aromatic heterocycles. The molecule has 0 amide bonds. The lowest BCUT2D eigenvalue weighted by Crippen LogP contribution is -2.46. The predicted octanol–water partition coefficient (Wildman–Crippen LogP) is 1.84. The van der Waals surface area contributed by atoms with Crippen LogP contribution in [0, 0.1) is 5.92 Å². The third-order valence-corrected chi connectivity index (χ3v) is 6.47. The third kappa shape index (κ3) is 7.50. The van der Waals surface area contributed by atoms with E-state index in [1.165, 1.54) is 11.1 Å². The number of sulfone groups is 1. The summed E-state index contributed by atoms with van der Waals surface area (Å²) in [5, 5.41) is 6.74. The molecule has 1 aliphatic rings. The summed E-state index contributed by atoms with van der Waals surface area (Å²) >= 11 is 0. The Morgan fingerprint density at radius 2 is 1.78 bits per heavy atom. The highest BCUT2D eigenvalue weighted by atomic mass is 32.2. The molecule has 0 spiro atoms. The molecule has 7 heteroatoms. The Labute approximate surface area is 164 Å². The van der Waals surface area contributed by atoms with Crippen molar-refractivity contribution < 1.29 is 8.42 Å². The summed E-state index contributed by atoms with van der Waals surface area (Å²) in [5.41, 5.74) is 2.60. The van der Waals surface area contributed by atoms with Crippen molar-refractivity contribution in [1.82, 2.24) is 15.5 Å². The Hall–Kier alpha value is -1.60. The van der Waals surface area contributed by atoms with Crippen LogP contribution in [0.3, 0.4) is 0 Å². The molecule has 1 atom stereocenters. The van der Waals surface area contributed by atoms with E-state index in [2.05, 4.69) is 65.6 Å². The highest BCUT2D eigenvalue weighted by Crippen LogP contribution is 2.15. The minimum absolute atomic E-state index is 0.157. The quantitative estimate of drug-likeness (QED) is 0.545. The standard InChI is InChI=1S/C20H34N4O2S/c1-16(2)15-18-5-7-19(8-6-18)17(3)23-20(21-4)22-9-10-24-11-13-27(25,26)14-12-24/h5-8,16-17H,9-15H2,1-4H3,(H2,21,22,23). The van der Waals surface area contributed by atoms with Crippen LogP contribution in [0.2, 0.25) is 0 Å². The van der Waals surface area contributed by atoms with Gasteiger partial charge in [0, 0.05) is 33.2 Å². The molecule has 27 heavy (non-hydrogen) atoms. The van der Waals surface area contributed by atoms with E-state index in [4.69, 9.17) is 0 Å². The number of nitrogens with one attached hydrogen (secondary N) is 2. The van der Waals surface area contributed by atoms with E-state index in [1.807, 2.05) is 0 Å². The second-order valence-electron chi connectivity index (χ2n) is 7.70. The summed E-state index contributed by atoms with van der Waals surface area (Å²) < 4.78 is 23.0. The monoisotopic (exact) mass is 394 g/mol. The highest BCUT2D eigenvalue weighted by molar-refractivity contribution is 7.91. The molecule has 0 aliphatic carbocycles. The number of aliphatic imine (C=N–C) groups is 1. The van der Waals surface area contributed by atoms with E-state index >= 15 is 0 Å². The maximum Gasteiger partial charge on any atom is 0.191 e. The van der Waals surface area contributed by atoms with Gasteiger partial charge in [0.1, 0.15) is 0 Å². The average Bonchev–Trinajstić information content (AvgIpc) is 2.62. The van der Waals surface area contributed by atoms with Gasteiger partial charge in [0.05, 0.1) is 17.5 Å². The van der Waals surface area contributed by atoms with Crippen molar-refractivity contribution in [3.63, 3.8) is 0 Å². The molecule has 0 bridgehead atoms. The van der Waals surface area contributed by atoms with Crippen molar-refractivity contribution in [3.05, 3.63) is 35.4 Å². The third-order valence-electron chi connectivity index (χ3n) is 4.86. The molecule has 1 saturated heterocycles. The van der Waals surface area contributed by atoms with Crippen LogP contribution < -0.4 is 10.6 Å². The van der Waals surface area contributed by atoms with E-state index in [0.717, 1.165) is 25.5 Å². The molecular formula is C20H34N4O2S. The molecule has 1 unspecified atom stereocenters. The first-order valence-corrected chi connectivity index (χ1v) is 11.6. The Morgan fingerprint density at radius 3 is 2.33 bits per heavy atom. The van der Waals surface area contributed by atoms with E-state index in [0.29, 0.717) is 19.0 Å². The van der Waals surface area contributed by atoms with Crippen molar-refractivity contribution in [1.29, 1.82) is 0 Å². The first kappa shape index (κ1) is 21.7. The minimum Gasteiger partial charge on any atom is -0.355 e. The van der Waals surface area contributed by atoms with Crippen LogP contribution in [0.25, 0.3) is 0 Å². The van der Waals surface area contributed by atoms with Gasteiger partial charge in [0.25, 0.3) is 0 Å². The summed E-state index contributed by atoms with van der Waals surface area (Å²) in [4.78, 5) is 6.47. The van der Waals surface area contributed by atoms with E-state index in [9.17, 15) is 8.42 Å². The van der Waals surface area contributed by atoms with E-state index in [-0.39, 0.29) is 17.5 Å². The SMILES string of the molecule is CN=C(NCCN1CCS(=O)(=O)CC1)NC(C)c1ccc(CC(C)C)cc1. The molecular weight excluding hydrogens is 360 g/mol. The summed E-state index contributed by atoms with van der Waals surface area (Å²) in [6.07, 6.45) is 1.10. The minimum atomic E-state index is -2.82. The number of benzene rings is 1. The fraction of sp³-hybridized carbons (Fsp3) is 0.650. The summed E-state index contributed by atoms with van der Waals surface area (Å²) in [6.45, 7) is 9.38. The molecule has 1 aromatic rings. The van der Waals surface area contributed by atoms with Gasteiger partial charge in [-0.15, -0.1) is 0 Å². The zero-order chi connectivity index (χ0) is 19.9. The Balaban J connectivity index is 1.77. The molecule has 1 aromatic carbocycles. The van der Waals surface area contributed by atoms with Gasteiger partial charge < -0.3 is 10.6 Å². The largest absolute Gasteiger partial charge is 0.355 e. The van der Waals surface area contributed by atoms with Gasteiger partial charge in [0.15, 0.2) is 15.8 Å². The van der Waals surface area contributed by atoms with Crippen LogP contribution in [0.4, 0.5) is 0 Å². The Kier molecular flexibility index (Phi) is 8.10. The molecule has 1 fully saturated rings. The van der Waals surface area contributed by atoms with E-state index < -0.39 is 9.84 Å². The lowest BCUT2D eigenvalue weighted by atomic mass is 10.00. The van der Waals surface area contributed by atoms with Crippen LogP contribution in [0.15, 0.2) is 29.3 Å². The van der Waals surface area contributed by atoms with Crippen LogP contribution in [0.1, 0.15) is 37.9 Å². The number of guanidine groups is 1.